The molecule has 2 aromatic heterocycles. The highest BCUT2D eigenvalue weighted by Gasteiger charge is 2.43. The van der Waals surface area contributed by atoms with Crippen molar-refractivity contribution in [2.45, 2.75) is 103 Å². The van der Waals surface area contributed by atoms with Gasteiger partial charge in [-0.05, 0) is 44.9 Å². The number of H-pyrrole nitrogens is 2. The molecule has 5 rings (SSSR count). The summed E-state index contributed by atoms with van der Waals surface area (Å²) in [6.45, 7) is 3.34. The molecule has 0 spiro atoms. The molecular formula is C28H40N5O11PS. The Bertz CT molecular complexity index is 1720. The highest BCUT2D eigenvalue weighted by Crippen LogP contribution is 2.54. The van der Waals surface area contributed by atoms with Crippen molar-refractivity contribution in [2.24, 2.45) is 0 Å². The first-order chi connectivity index (χ1) is 21.8. The SMILES string of the molecule is CCC1OC(n2cc(C)c(=O)[nH]c2=O)CC1OP(=S)(OCC1OC(n2cc(C)c(=O)[nH]c2=O)CC1O)OCC1CCCN1C(C)=O. The molecule has 3 saturated heterocycles. The summed E-state index contributed by atoms with van der Waals surface area (Å²) in [5.41, 5.74) is -1.63. The van der Waals surface area contributed by atoms with Crippen LogP contribution >= 0.6 is 6.72 Å². The second kappa shape index (κ2) is 14.2. The first kappa shape index (κ1) is 34.6. The Morgan fingerprint density at radius 1 is 0.978 bits per heavy atom. The molecular weight excluding hydrogens is 645 g/mol. The minimum atomic E-state index is -3.61. The summed E-state index contributed by atoms with van der Waals surface area (Å²) in [5, 5.41) is 10.8. The lowest BCUT2D eigenvalue weighted by atomic mass is 10.1. The summed E-state index contributed by atoms with van der Waals surface area (Å²) in [4.78, 5) is 67.1. The van der Waals surface area contributed by atoms with Crippen LogP contribution in [0.15, 0.2) is 31.6 Å². The number of ether oxygens (including phenoxy) is 2. The van der Waals surface area contributed by atoms with Gasteiger partial charge in [-0.1, -0.05) is 6.92 Å². The number of hydrogen-bond donors (Lipinski definition) is 3. The van der Waals surface area contributed by atoms with Gasteiger partial charge in [-0.2, -0.15) is 0 Å². The molecule has 1 amide bonds. The molecule has 2 aromatic rings. The van der Waals surface area contributed by atoms with E-state index in [1.165, 1.54) is 28.5 Å². The third-order valence-electron chi connectivity index (χ3n) is 8.57. The minimum absolute atomic E-state index is 0.0586. The van der Waals surface area contributed by atoms with Crippen LogP contribution in [0.4, 0.5) is 0 Å². The van der Waals surface area contributed by atoms with Crippen LogP contribution in [-0.2, 0) is 39.6 Å². The van der Waals surface area contributed by atoms with E-state index in [9.17, 15) is 29.1 Å². The van der Waals surface area contributed by atoms with Crippen LogP contribution in [0.2, 0.25) is 0 Å². The monoisotopic (exact) mass is 685 g/mol. The summed E-state index contributed by atoms with van der Waals surface area (Å²) < 4.78 is 33.3. The molecule has 0 saturated carbocycles. The number of amides is 1. The smallest absolute Gasteiger partial charge is 0.330 e. The fourth-order valence-corrected chi connectivity index (χ4v) is 8.14. The van der Waals surface area contributed by atoms with Gasteiger partial charge in [0.1, 0.15) is 18.6 Å². The van der Waals surface area contributed by atoms with Crippen molar-refractivity contribution in [2.75, 3.05) is 19.8 Å². The Labute approximate surface area is 268 Å². The van der Waals surface area contributed by atoms with Crippen molar-refractivity contribution >= 4 is 24.4 Å². The van der Waals surface area contributed by atoms with Gasteiger partial charge in [-0.15, -0.1) is 0 Å². The third kappa shape index (κ3) is 7.52. The molecule has 18 heteroatoms. The number of rotatable bonds is 11. The largest absolute Gasteiger partial charge is 0.390 e. The number of nitrogens with zero attached hydrogens (tertiary/aromatic N) is 3. The lowest BCUT2D eigenvalue weighted by Crippen LogP contribution is -2.37. The van der Waals surface area contributed by atoms with Crippen molar-refractivity contribution in [3.63, 3.8) is 0 Å². The fraction of sp³-hybridized carbons (Fsp3) is 0.679. The van der Waals surface area contributed by atoms with Gasteiger partial charge in [0, 0.05) is 49.8 Å². The summed E-state index contributed by atoms with van der Waals surface area (Å²) in [7, 11) is 0. The quantitative estimate of drug-likeness (QED) is 0.281. The van der Waals surface area contributed by atoms with Crippen LogP contribution in [0.5, 0.6) is 0 Å². The number of carbonyl (C=O) groups excluding carboxylic acids is 1. The second-order valence-corrected chi connectivity index (χ2v) is 14.8. The number of nitrogens with one attached hydrogen (secondary N) is 2. The van der Waals surface area contributed by atoms with E-state index in [4.69, 9.17) is 34.9 Å². The average Bonchev–Trinajstić information content (AvgIpc) is 3.73. The molecule has 254 valence electrons. The maximum atomic E-state index is 12.6. The Hall–Kier alpha value is -2.76. The average molecular weight is 686 g/mol. The van der Waals surface area contributed by atoms with E-state index in [0.717, 1.165) is 12.8 Å². The van der Waals surface area contributed by atoms with Gasteiger partial charge in [0.25, 0.3) is 11.1 Å². The van der Waals surface area contributed by atoms with E-state index < -0.39 is 66.1 Å². The number of aromatic nitrogens is 4. The normalized spacial score (nSPS) is 29.3. The summed E-state index contributed by atoms with van der Waals surface area (Å²) >= 11 is 5.88. The molecule has 8 atom stereocenters. The van der Waals surface area contributed by atoms with Crippen molar-refractivity contribution in [3.8, 4) is 0 Å². The second-order valence-electron chi connectivity index (χ2n) is 11.9. The Morgan fingerprint density at radius 3 is 2.13 bits per heavy atom. The number of carbonyl (C=O) groups is 1. The molecule has 0 aliphatic carbocycles. The number of aryl methyl sites for hydroxylation is 2. The molecule has 0 aromatic carbocycles. The van der Waals surface area contributed by atoms with E-state index in [1.807, 2.05) is 6.92 Å². The molecule has 3 aliphatic rings. The highest BCUT2D eigenvalue weighted by atomic mass is 32.5. The number of likely N-dealkylation sites (tertiary alicyclic amines) is 1. The van der Waals surface area contributed by atoms with E-state index >= 15 is 0 Å². The predicted octanol–water partition coefficient (Wildman–Crippen LogP) is 0.703. The molecule has 16 nitrogen and oxygen atoms in total. The van der Waals surface area contributed by atoms with Crippen LogP contribution in [-0.4, -0.2) is 85.2 Å². The van der Waals surface area contributed by atoms with Gasteiger partial charge in [-0.25, -0.2) is 9.59 Å². The zero-order valence-electron chi connectivity index (χ0n) is 26.1. The number of aliphatic hydroxyl groups excluding tert-OH is 1. The lowest BCUT2D eigenvalue weighted by molar-refractivity contribution is -0.130. The molecule has 8 unspecified atom stereocenters. The van der Waals surface area contributed by atoms with Crippen molar-refractivity contribution in [3.05, 3.63) is 65.2 Å². The maximum absolute atomic E-state index is 12.6. The fourth-order valence-electron chi connectivity index (χ4n) is 6.01. The zero-order valence-corrected chi connectivity index (χ0v) is 27.8. The number of aliphatic hydroxyl groups is 1. The zero-order chi connectivity index (χ0) is 33.3. The van der Waals surface area contributed by atoms with Gasteiger partial charge < -0.3 is 33.1 Å². The predicted molar refractivity (Wildman–Crippen MR) is 167 cm³/mol. The van der Waals surface area contributed by atoms with Gasteiger partial charge in [0.05, 0.1) is 37.6 Å². The lowest BCUT2D eigenvalue weighted by Gasteiger charge is -2.30. The van der Waals surface area contributed by atoms with Crippen molar-refractivity contribution < 1.29 is 32.9 Å². The first-order valence-electron chi connectivity index (χ1n) is 15.3. The molecule has 0 radical (unpaired) electrons. The van der Waals surface area contributed by atoms with Crippen LogP contribution in [0.25, 0.3) is 0 Å². The molecule has 3 fully saturated rings. The van der Waals surface area contributed by atoms with Gasteiger partial charge in [0.15, 0.2) is 0 Å². The van der Waals surface area contributed by atoms with Crippen molar-refractivity contribution in [1.29, 1.82) is 0 Å². The minimum Gasteiger partial charge on any atom is -0.390 e. The third-order valence-corrected chi connectivity index (χ3v) is 10.9. The van der Waals surface area contributed by atoms with Crippen LogP contribution < -0.4 is 22.5 Å². The Morgan fingerprint density at radius 2 is 1.54 bits per heavy atom. The van der Waals surface area contributed by atoms with Gasteiger partial charge in [-0.3, -0.25) is 33.5 Å². The van der Waals surface area contributed by atoms with E-state index in [2.05, 4.69) is 9.97 Å². The Balaban J connectivity index is 1.33. The van der Waals surface area contributed by atoms with Gasteiger partial charge >= 0.3 is 18.1 Å². The van der Waals surface area contributed by atoms with Crippen LogP contribution in [0, 0.1) is 13.8 Å². The summed E-state index contributed by atoms with van der Waals surface area (Å²) in [6, 6.07) is -0.225. The van der Waals surface area contributed by atoms with Crippen molar-refractivity contribution in [1.82, 2.24) is 24.0 Å². The first-order valence-corrected chi connectivity index (χ1v) is 17.8. The van der Waals surface area contributed by atoms with E-state index in [1.54, 1.807) is 18.7 Å². The number of hydrogen-bond acceptors (Lipinski definition) is 12. The summed E-state index contributed by atoms with van der Waals surface area (Å²) in [6.07, 6.45) is 0.416. The maximum Gasteiger partial charge on any atom is 0.330 e. The molecule has 3 N–H and O–H groups in total. The Kier molecular flexibility index (Phi) is 10.6. The summed E-state index contributed by atoms with van der Waals surface area (Å²) in [5.74, 6) is -0.0813. The van der Waals surface area contributed by atoms with Crippen LogP contribution in [0.3, 0.4) is 0 Å². The standard InChI is InChI=1S/C28H40N5O11PS/c1-5-20-21(10-24(42-20)33-12-16(3)26(37)30-28(33)39)44-45(46,40-13-18-7-6-8-31(18)17(4)34)41-14-22-19(35)9-23(43-22)32-11-15(2)25(36)29-27(32)38/h11-12,18-24,35H,5-10,13-14H2,1-4H3,(H,29,36,38)(H,30,37,39). The molecule has 46 heavy (non-hydrogen) atoms. The topological polar surface area (TPSA) is 196 Å². The number of aromatic amines is 2. The molecule has 3 aliphatic heterocycles. The van der Waals surface area contributed by atoms with Gasteiger partial charge in [0.2, 0.25) is 5.91 Å². The molecule has 0 bridgehead atoms. The highest BCUT2D eigenvalue weighted by molar-refractivity contribution is 8.07. The van der Waals surface area contributed by atoms with E-state index in [0.29, 0.717) is 24.1 Å². The van der Waals surface area contributed by atoms with E-state index in [-0.39, 0.29) is 38.0 Å². The van der Waals surface area contributed by atoms with Crippen LogP contribution in [0.1, 0.15) is 69.5 Å². The molecule has 5 heterocycles.